The van der Waals surface area contributed by atoms with E-state index >= 15 is 0 Å². The van der Waals surface area contributed by atoms with Crippen LogP contribution in [0.25, 0.3) is 0 Å². The highest BCUT2D eigenvalue weighted by Crippen LogP contribution is 2.29. The summed E-state index contributed by atoms with van der Waals surface area (Å²) in [4.78, 5) is 0. The van der Waals surface area contributed by atoms with Gasteiger partial charge in [-0.25, -0.2) is 0 Å². The molecule has 156 valence electrons. The molecule has 0 aliphatic carbocycles. The van der Waals surface area contributed by atoms with E-state index in [1.165, 1.54) is 13.8 Å². The maximum Gasteiger partial charge on any atom is 0.264 e. The summed E-state index contributed by atoms with van der Waals surface area (Å²) in [6.07, 6.45) is -1.09. The van der Waals surface area contributed by atoms with Crippen LogP contribution in [0, 0.1) is 0 Å². The normalized spacial score (nSPS) is 23.7. The van der Waals surface area contributed by atoms with E-state index in [1.807, 2.05) is 0 Å². The molecule has 3 atom stereocenters. The van der Waals surface area contributed by atoms with Gasteiger partial charge < -0.3 is 19.3 Å². The Morgan fingerprint density at radius 3 is 2.15 bits per heavy atom. The van der Waals surface area contributed by atoms with Crippen molar-refractivity contribution in [2.24, 2.45) is 0 Å². The highest BCUT2D eigenvalue weighted by Gasteiger charge is 2.41. The zero-order valence-electron chi connectivity index (χ0n) is 15.8. The summed E-state index contributed by atoms with van der Waals surface area (Å²) in [5, 5.41) is 9.87. The SMILES string of the molecule is CC(C)(O)OC(COS(C)(=O)=O)C[C@H](OS(C)(=O)=O)C1COC(C)(C)O1. The molecule has 1 aliphatic heterocycles. The van der Waals surface area contributed by atoms with Crippen molar-refractivity contribution < 1.29 is 44.5 Å². The highest BCUT2D eigenvalue weighted by molar-refractivity contribution is 7.86. The average Bonchev–Trinajstić information content (AvgIpc) is 2.71. The summed E-state index contributed by atoms with van der Waals surface area (Å²) in [5.74, 6) is -2.52. The minimum atomic E-state index is -3.84. The average molecular weight is 421 g/mol. The molecular weight excluding hydrogens is 392 g/mol. The molecule has 2 unspecified atom stereocenters. The van der Waals surface area contributed by atoms with Crippen molar-refractivity contribution in [1.29, 1.82) is 0 Å². The second kappa shape index (κ2) is 8.35. The second-order valence-corrected chi connectivity index (χ2v) is 10.4. The van der Waals surface area contributed by atoms with Crippen LogP contribution in [0.1, 0.15) is 34.1 Å². The summed E-state index contributed by atoms with van der Waals surface area (Å²) < 4.78 is 72.0. The predicted octanol–water partition coefficient (Wildman–Crippen LogP) is -0.0374. The van der Waals surface area contributed by atoms with Gasteiger partial charge in [-0.3, -0.25) is 8.37 Å². The Labute approximate surface area is 155 Å². The second-order valence-electron chi connectivity index (χ2n) is 7.12. The fraction of sp³-hybridized carbons (Fsp3) is 1.00. The van der Waals surface area contributed by atoms with Crippen LogP contribution in [0.15, 0.2) is 0 Å². The van der Waals surface area contributed by atoms with Crippen molar-refractivity contribution in [3.63, 3.8) is 0 Å². The molecule has 1 heterocycles. The van der Waals surface area contributed by atoms with E-state index in [2.05, 4.69) is 0 Å². The number of aliphatic hydroxyl groups is 1. The van der Waals surface area contributed by atoms with Gasteiger partial charge in [0.15, 0.2) is 11.6 Å². The van der Waals surface area contributed by atoms with Gasteiger partial charge in [0.2, 0.25) is 0 Å². The first kappa shape index (κ1) is 23.7. The van der Waals surface area contributed by atoms with Gasteiger partial charge in [-0.1, -0.05) is 0 Å². The molecule has 0 bridgehead atoms. The molecule has 1 aliphatic rings. The lowest BCUT2D eigenvalue weighted by atomic mass is 10.1. The minimum Gasteiger partial charge on any atom is -0.366 e. The van der Waals surface area contributed by atoms with Gasteiger partial charge in [-0.15, -0.1) is 0 Å². The van der Waals surface area contributed by atoms with E-state index in [4.69, 9.17) is 22.6 Å². The molecule has 10 nitrogen and oxygen atoms in total. The maximum absolute atomic E-state index is 11.6. The third-order valence-electron chi connectivity index (χ3n) is 3.16. The molecule has 0 radical (unpaired) electrons. The lowest BCUT2D eigenvalue weighted by Gasteiger charge is -2.30. The Hall–Kier alpha value is -0.340. The van der Waals surface area contributed by atoms with E-state index in [1.54, 1.807) is 13.8 Å². The molecule has 0 aromatic carbocycles. The van der Waals surface area contributed by atoms with Crippen molar-refractivity contribution in [3.05, 3.63) is 0 Å². The molecule has 1 saturated heterocycles. The number of ether oxygens (including phenoxy) is 3. The lowest BCUT2D eigenvalue weighted by molar-refractivity contribution is -0.218. The van der Waals surface area contributed by atoms with Gasteiger partial charge in [0, 0.05) is 6.42 Å². The number of hydrogen-bond donors (Lipinski definition) is 1. The molecule has 26 heavy (non-hydrogen) atoms. The summed E-state index contributed by atoms with van der Waals surface area (Å²) in [5.41, 5.74) is 0. The number of rotatable bonds is 10. The van der Waals surface area contributed by atoms with Gasteiger partial charge in [-0.2, -0.15) is 16.8 Å². The standard InChI is InChI=1S/C14H28O10S2/c1-13(2,15)22-10(8-21-25(5,16)17)7-11(24-26(6,18)19)12-9-20-14(3,4)23-12/h10-12,15H,7-9H2,1-6H3/t10?,11-,12?/m0/s1. The smallest absolute Gasteiger partial charge is 0.264 e. The van der Waals surface area contributed by atoms with Crippen LogP contribution in [0.5, 0.6) is 0 Å². The first-order chi connectivity index (χ1) is 11.5. The molecule has 1 fully saturated rings. The monoisotopic (exact) mass is 420 g/mol. The molecule has 1 N–H and O–H groups in total. The van der Waals surface area contributed by atoms with Crippen molar-refractivity contribution >= 4 is 20.2 Å². The van der Waals surface area contributed by atoms with Crippen LogP contribution in [0.4, 0.5) is 0 Å². The van der Waals surface area contributed by atoms with Crippen LogP contribution < -0.4 is 0 Å². The molecule has 0 aromatic heterocycles. The van der Waals surface area contributed by atoms with Gasteiger partial charge >= 0.3 is 0 Å². The maximum atomic E-state index is 11.6. The number of hydrogen-bond acceptors (Lipinski definition) is 10. The van der Waals surface area contributed by atoms with E-state index in [9.17, 15) is 21.9 Å². The zero-order chi connectivity index (χ0) is 20.4. The zero-order valence-corrected chi connectivity index (χ0v) is 17.4. The fourth-order valence-corrected chi connectivity index (χ4v) is 3.44. The summed E-state index contributed by atoms with van der Waals surface area (Å²) >= 11 is 0. The Morgan fingerprint density at radius 1 is 1.19 bits per heavy atom. The van der Waals surface area contributed by atoms with Gasteiger partial charge in [0.1, 0.15) is 12.2 Å². The highest BCUT2D eigenvalue weighted by atomic mass is 32.2. The summed E-state index contributed by atoms with van der Waals surface area (Å²) in [7, 11) is -7.60. The van der Waals surface area contributed by atoms with Crippen LogP contribution >= 0.6 is 0 Å². The fourth-order valence-electron chi connectivity index (χ4n) is 2.39. The Balaban J connectivity index is 2.96. The molecule has 1 rings (SSSR count). The van der Waals surface area contributed by atoms with E-state index in [-0.39, 0.29) is 13.0 Å². The molecular formula is C14H28O10S2. The van der Waals surface area contributed by atoms with Crippen molar-refractivity contribution in [2.75, 3.05) is 25.7 Å². The van der Waals surface area contributed by atoms with Crippen LogP contribution in [0.3, 0.4) is 0 Å². The molecule has 12 heteroatoms. The van der Waals surface area contributed by atoms with E-state index < -0.39 is 56.7 Å². The first-order valence-electron chi connectivity index (χ1n) is 7.90. The third kappa shape index (κ3) is 10.1. The summed E-state index contributed by atoms with van der Waals surface area (Å²) in [6.45, 7) is 5.69. The molecule has 0 saturated carbocycles. The molecule has 0 spiro atoms. The molecule has 0 aromatic rings. The van der Waals surface area contributed by atoms with Gasteiger partial charge in [0.25, 0.3) is 20.2 Å². The van der Waals surface area contributed by atoms with E-state index in [0.29, 0.717) is 0 Å². The van der Waals surface area contributed by atoms with Crippen molar-refractivity contribution in [2.45, 2.75) is 64.0 Å². The topological polar surface area (TPSA) is 135 Å². The first-order valence-corrected chi connectivity index (χ1v) is 11.5. The third-order valence-corrected chi connectivity index (χ3v) is 4.32. The summed E-state index contributed by atoms with van der Waals surface area (Å²) in [6, 6.07) is 0. The van der Waals surface area contributed by atoms with Crippen molar-refractivity contribution in [1.82, 2.24) is 0 Å². The Kier molecular flexibility index (Phi) is 7.61. The quantitative estimate of drug-likeness (QED) is 0.379. The molecule has 0 amide bonds. The van der Waals surface area contributed by atoms with Crippen LogP contribution in [-0.4, -0.2) is 77.6 Å². The van der Waals surface area contributed by atoms with Crippen molar-refractivity contribution in [3.8, 4) is 0 Å². The van der Waals surface area contributed by atoms with Gasteiger partial charge in [-0.05, 0) is 27.7 Å². The van der Waals surface area contributed by atoms with E-state index in [0.717, 1.165) is 12.5 Å². The Morgan fingerprint density at radius 2 is 1.77 bits per heavy atom. The lowest BCUT2D eigenvalue weighted by Crippen LogP contribution is -2.41. The van der Waals surface area contributed by atoms with Crippen LogP contribution in [0.2, 0.25) is 0 Å². The van der Waals surface area contributed by atoms with Gasteiger partial charge in [0.05, 0.1) is 31.8 Å². The van der Waals surface area contributed by atoms with Crippen LogP contribution in [-0.2, 0) is 42.8 Å². The minimum absolute atomic E-state index is 0.0787. The predicted molar refractivity (Wildman–Crippen MR) is 91.2 cm³/mol. The Bertz CT molecular complexity index is 662. The largest absolute Gasteiger partial charge is 0.366 e.